The number of aliphatic hydroxyl groups is 2. The van der Waals surface area contributed by atoms with Crippen LogP contribution in [0.5, 0.6) is 0 Å². The van der Waals surface area contributed by atoms with Gasteiger partial charge in [0.05, 0.1) is 22.4 Å². The quantitative estimate of drug-likeness (QED) is 0.754. The lowest BCUT2D eigenvalue weighted by atomic mass is 9.76. The summed E-state index contributed by atoms with van der Waals surface area (Å²) in [6, 6.07) is 0. The molecule has 3 heteroatoms. The van der Waals surface area contributed by atoms with E-state index in [1.807, 2.05) is 20.8 Å². The standard InChI is InChI=1S/C15H26O3/c1-12(2,16)15-8-7-13(3,17)10-5-6-14(4,18-15)11(10)9-15/h10-11,16-17H,5-9H2,1-4H3/t10-,11-,13+,14+,15-/m0/s1. The summed E-state index contributed by atoms with van der Waals surface area (Å²) in [5.74, 6) is 0.718. The summed E-state index contributed by atoms with van der Waals surface area (Å²) >= 11 is 0. The first-order valence-corrected chi connectivity index (χ1v) is 7.25. The second-order valence-electron chi connectivity index (χ2n) is 7.78. The first-order valence-electron chi connectivity index (χ1n) is 7.25. The third-order valence-electron chi connectivity index (χ3n) is 6.15. The van der Waals surface area contributed by atoms with Gasteiger partial charge >= 0.3 is 0 Å². The van der Waals surface area contributed by atoms with Crippen molar-refractivity contribution in [3.8, 4) is 0 Å². The summed E-state index contributed by atoms with van der Waals surface area (Å²) in [4.78, 5) is 0. The first kappa shape index (κ1) is 12.9. The lowest BCUT2D eigenvalue weighted by Gasteiger charge is -2.43. The van der Waals surface area contributed by atoms with Gasteiger partial charge in [0, 0.05) is 0 Å². The van der Waals surface area contributed by atoms with Crippen molar-refractivity contribution in [1.82, 2.24) is 0 Å². The monoisotopic (exact) mass is 254 g/mol. The highest BCUT2D eigenvalue weighted by molar-refractivity contribution is 5.16. The number of hydrogen-bond donors (Lipinski definition) is 2. The molecule has 0 aromatic carbocycles. The van der Waals surface area contributed by atoms with Gasteiger partial charge in [0.2, 0.25) is 0 Å². The van der Waals surface area contributed by atoms with Crippen LogP contribution in [0, 0.1) is 11.8 Å². The number of ether oxygens (including phenoxy) is 1. The van der Waals surface area contributed by atoms with Crippen LogP contribution in [-0.4, -0.2) is 32.6 Å². The molecule has 3 rings (SSSR count). The van der Waals surface area contributed by atoms with E-state index in [9.17, 15) is 10.2 Å². The molecule has 0 spiro atoms. The zero-order chi connectivity index (χ0) is 13.4. The number of hydrogen-bond acceptors (Lipinski definition) is 3. The van der Waals surface area contributed by atoms with Crippen molar-refractivity contribution < 1.29 is 14.9 Å². The Hall–Kier alpha value is -0.120. The Morgan fingerprint density at radius 1 is 1.11 bits per heavy atom. The van der Waals surface area contributed by atoms with Crippen LogP contribution in [-0.2, 0) is 4.74 Å². The molecule has 104 valence electrons. The Kier molecular flexibility index (Phi) is 2.37. The predicted octanol–water partition coefficient (Wildman–Crippen LogP) is 2.25. The van der Waals surface area contributed by atoms with Crippen LogP contribution in [0.2, 0.25) is 0 Å². The molecule has 1 saturated heterocycles. The molecule has 18 heavy (non-hydrogen) atoms. The molecule has 0 radical (unpaired) electrons. The van der Waals surface area contributed by atoms with Gasteiger partial charge in [-0.15, -0.1) is 0 Å². The lowest BCUT2D eigenvalue weighted by molar-refractivity contribution is -0.199. The van der Waals surface area contributed by atoms with Gasteiger partial charge in [-0.2, -0.15) is 0 Å². The van der Waals surface area contributed by atoms with Crippen molar-refractivity contribution in [3.63, 3.8) is 0 Å². The number of rotatable bonds is 1. The molecule has 2 aliphatic carbocycles. The fourth-order valence-electron chi connectivity index (χ4n) is 4.80. The summed E-state index contributed by atoms with van der Waals surface area (Å²) < 4.78 is 6.43. The average Bonchev–Trinajstić information content (AvgIpc) is 2.61. The zero-order valence-electron chi connectivity index (χ0n) is 12.0. The molecule has 0 amide bonds. The van der Waals surface area contributed by atoms with E-state index in [2.05, 4.69) is 6.92 Å². The molecule has 5 atom stereocenters. The Bertz CT molecular complexity index is 370. The maximum atomic E-state index is 10.7. The smallest absolute Gasteiger partial charge is 0.0975 e. The van der Waals surface area contributed by atoms with Crippen molar-refractivity contribution in [2.45, 2.75) is 82.2 Å². The van der Waals surface area contributed by atoms with Gasteiger partial charge in [-0.3, -0.25) is 0 Å². The maximum Gasteiger partial charge on any atom is 0.0975 e. The van der Waals surface area contributed by atoms with Crippen LogP contribution in [0.25, 0.3) is 0 Å². The summed E-state index contributed by atoms with van der Waals surface area (Å²) in [5.41, 5.74) is -2.05. The molecule has 0 aromatic heterocycles. The van der Waals surface area contributed by atoms with Crippen LogP contribution in [0.15, 0.2) is 0 Å². The maximum absolute atomic E-state index is 10.7. The van der Waals surface area contributed by atoms with E-state index in [1.165, 1.54) is 0 Å². The van der Waals surface area contributed by atoms with Crippen molar-refractivity contribution in [2.75, 3.05) is 0 Å². The lowest BCUT2D eigenvalue weighted by Crippen LogP contribution is -2.52. The molecule has 1 heterocycles. The Labute approximate surface area is 110 Å². The van der Waals surface area contributed by atoms with E-state index < -0.39 is 16.8 Å². The van der Waals surface area contributed by atoms with Gasteiger partial charge in [0.1, 0.15) is 0 Å². The van der Waals surface area contributed by atoms with E-state index in [0.717, 1.165) is 32.1 Å². The van der Waals surface area contributed by atoms with E-state index in [-0.39, 0.29) is 5.60 Å². The minimum atomic E-state index is -0.842. The van der Waals surface area contributed by atoms with Gasteiger partial charge in [0.15, 0.2) is 0 Å². The molecule has 0 aromatic rings. The van der Waals surface area contributed by atoms with Gasteiger partial charge in [-0.1, -0.05) is 0 Å². The third kappa shape index (κ3) is 1.47. The van der Waals surface area contributed by atoms with Crippen LogP contribution >= 0.6 is 0 Å². The minimum Gasteiger partial charge on any atom is -0.390 e. The van der Waals surface area contributed by atoms with Gasteiger partial charge in [-0.05, 0) is 71.6 Å². The molecule has 2 bridgehead atoms. The van der Waals surface area contributed by atoms with Gasteiger partial charge < -0.3 is 14.9 Å². The van der Waals surface area contributed by atoms with Crippen molar-refractivity contribution in [3.05, 3.63) is 0 Å². The van der Waals surface area contributed by atoms with Gasteiger partial charge in [0.25, 0.3) is 0 Å². The summed E-state index contributed by atoms with van der Waals surface area (Å²) in [6.45, 7) is 7.85. The van der Waals surface area contributed by atoms with Crippen LogP contribution in [0.4, 0.5) is 0 Å². The SMILES string of the molecule is CC(C)(O)[C@@]12CC[C@@](C)(O)[C@H]3CC[C@@](C)(O1)[C@H]3C2. The van der Waals surface area contributed by atoms with E-state index in [4.69, 9.17) is 4.74 Å². The topological polar surface area (TPSA) is 49.7 Å². The summed E-state index contributed by atoms with van der Waals surface area (Å²) in [7, 11) is 0. The van der Waals surface area contributed by atoms with E-state index in [1.54, 1.807) is 0 Å². The predicted molar refractivity (Wildman–Crippen MR) is 69.2 cm³/mol. The first-order chi connectivity index (χ1) is 8.10. The van der Waals surface area contributed by atoms with Crippen LogP contribution < -0.4 is 0 Å². The van der Waals surface area contributed by atoms with Crippen molar-refractivity contribution in [1.29, 1.82) is 0 Å². The molecule has 2 N–H and O–H groups in total. The zero-order valence-corrected chi connectivity index (χ0v) is 12.0. The highest BCUT2D eigenvalue weighted by atomic mass is 16.5. The largest absolute Gasteiger partial charge is 0.390 e. The minimum absolute atomic E-state index is 0.144. The van der Waals surface area contributed by atoms with Crippen LogP contribution in [0.3, 0.4) is 0 Å². The normalized spacial score (nSPS) is 55.7. The second-order valence-corrected chi connectivity index (χ2v) is 7.78. The summed E-state index contributed by atoms with van der Waals surface area (Å²) in [5, 5.41) is 21.3. The molecule has 2 saturated carbocycles. The highest BCUT2D eigenvalue weighted by Gasteiger charge is 2.67. The highest BCUT2D eigenvalue weighted by Crippen LogP contribution is 2.63. The molecule has 1 aliphatic heterocycles. The molecule has 0 unspecified atom stereocenters. The number of fused-ring (bicyclic) bond motifs is 1. The molecular formula is C15H26O3. The molecule has 3 nitrogen and oxygen atoms in total. The molecule has 3 aliphatic rings. The van der Waals surface area contributed by atoms with Crippen molar-refractivity contribution in [2.24, 2.45) is 11.8 Å². The Morgan fingerprint density at radius 2 is 1.78 bits per heavy atom. The summed E-state index contributed by atoms with van der Waals surface area (Å²) in [6.07, 6.45) is 4.45. The van der Waals surface area contributed by atoms with E-state index >= 15 is 0 Å². The molecular weight excluding hydrogens is 228 g/mol. The Balaban J connectivity index is 2.05. The van der Waals surface area contributed by atoms with Crippen molar-refractivity contribution >= 4 is 0 Å². The second kappa shape index (κ2) is 3.31. The Morgan fingerprint density at radius 3 is 2.39 bits per heavy atom. The van der Waals surface area contributed by atoms with Gasteiger partial charge in [-0.25, -0.2) is 0 Å². The fraction of sp³-hybridized carbons (Fsp3) is 1.00. The average molecular weight is 254 g/mol. The fourth-order valence-corrected chi connectivity index (χ4v) is 4.80. The van der Waals surface area contributed by atoms with E-state index in [0.29, 0.717) is 11.8 Å². The third-order valence-corrected chi connectivity index (χ3v) is 6.15. The molecule has 3 fully saturated rings. The van der Waals surface area contributed by atoms with Crippen LogP contribution in [0.1, 0.15) is 59.8 Å².